The molecule has 3 N–H and O–H groups in total. The number of nitrogen functional groups attached to an aromatic ring is 1. The smallest absolute Gasteiger partial charge is 0.228 e. The van der Waals surface area contributed by atoms with E-state index in [1.54, 1.807) is 25.3 Å². The highest BCUT2D eigenvalue weighted by Crippen LogP contribution is 2.32. The summed E-state index contributed by atoms with van der Waals surface area (Å²) < 4.78 is 13.9. The summed E-state index contributed by atoms with van der Waals surface area (Å²) >= 11 is 0. The summed E-state index contributed by atoms with van der Waals surface area (Å²) in [5, 5.41) is 4.13. The van der Waals surface area contributed by atoms with Gasteiger partial charge in [0.15, 0.2) is 0 Å². The first-order chi connectivity index (χ1) is 11.9. The first-order valence-electron chi connectivity index (χ1n) is 7.96. The molecule has 0 unspecified atom stereocenters. The number of nitrogens with zero attached hydrogens (tertiary/aromatic N) is 2. The number of anilines is 2. The molecule has 0 aliphatic heterocycles. The van der Waals surface area contributed by atoms with Gasteiger partial charge in [-0.05, 0) is 42.9 Å². The molecule has 2 heterocycles. The fourth-order valence-corrected chi connectivity index (χ4v) is 2.60. The van der Waals surface area contributed by atoms with Gasteiger partial charge in [-0.1, -0.05) is 19.2 Å². The lowest BCUT2D eigenvalue weighted by atomic mass is 10.0. The summed E-state index contributed by atoms with van der Waals surface area (Å²) in [6.45, 7) is 8.76. The Labute approximate surface area is 145 Å². The molecular weight excluding hydrogens is 319 g/mol. The molecular formula is C19H19FN4O. The summed E-state index contributed by atoms with van der Waals surface area (Å²) in [5.41, 5.74) is 7.23. The lowest BCUT2D eigenvalue weighted by Crippen LogP contribution is -2.14. The predicted molar refractivity (Wildman–Crippen MR) is 98.3 cm³/mol. The van der Waals surface area contributed by atoms with E-state index in [9.17, 15) is 9.18 Å². The van der Waals surface area contributed by atoms with Crippen LogP contribution in [0.3, 0.4) is 0 Å². The Morgan fingerprint density at radius 3 is 2.76 bits per heavy atom. The average Bonchev–Trinajstić information content (AvgIpc) is 3.39. The summed E-state index contributed by atoms with van der Waals surface area (Å²) in [5.74, 6) is 0.103. The zero-order valence-electron chi connectivity index (χ0n) is 14.0. The van der Waals surface area contributed by atoms with Gasteiger partial charge < -0.3 is 11.1 Å². The monoisotopic (exact) mass is 338 g/mol. The summed E-state index contributed by atoms with van der Waals surface area (Å²) in [4.78, 5) is 20.4. The van der Waals surface area contributed by atoms with E-state index in [-0.39, 0.29) is 23.2 Å². The van der Waals surface area contributed by atoms with Crippen LogP contribution in [0.2, 0.25) is 0 Å². The van der Waals surface area contributed by atoms with Gasteiger partial charge >= 0.3 is 0 Å². The van der Waals surface area contributed by atoms with Crippen molar-refractivity contribution in [3.8, 4) is 0 Å². The van der Waals surface area contributed by atoms with Crippen LogP contribution in [0, 0.1) is 5.92 Å². The van der Waals surface area contributed by atoms with E-state index >= 15 is 0 Å². The minimum atomic E-state index is -0.611. The van der Waals surface area contributed by atoms with Crippen LogP contribution >= 0.6 is 0 Å². The van der Waals surface area contributed by atoms with Crippen molar-refractivity contribution in [3.05, 3.63) is 54.7 Å². The number of hydrogen-bond acceptors (Lipinski definition) is 4. The van der Waals surface area contributed by atoms with Crippen LogP contribution < -0.4 is 11.1 Å². The maximum absolute atomic E-state index is 13.9. The molecule has 1 aliphatic rings. The number of halogens is 1. The van der Waals surface area contributed by atoms with Crippen molar-refractivity contribution in [2.45, 2.75) is 19.8 Å². The zero-order chi connectivity index (χ0) is 18.1. The van der Waals surface area contributed by atoms with Gasteiger partial charge in [-0.25, -0.2) is 14.4 Å². The number of pyridine rings is 2. The van der Waals surface area contributed by atoms with E-state index in [1.165, 1.54) is 6.08 Å². The number of nitrogens with two attached hydrogens (primary N) is 1. The molecule has 1 aliphatic carbocycles. The van der Waals surface area contributed by atoms with Crippen LogP contribution in [-0.2, 0) is 4.79 Å². The van der Waals surface area contributed by atoms with E-state index < -0.39 is 5.83 Å². The number of carbonyl (C=O) groups excluding carboxylic acids is 1. The molecule has 0 saturated heterocycles. The van der Waals surface area contributed by atoms with Gasteiger partial charge in [-0.3, -0.25) is 4.79 Å². The maximum atomic E-state index is 13.9. The van der Waals surface area contributed by atoms with Crippen molar-refractivity contribution in [2.75, 3.05) is 11.1 Å². The fraction of sp³-hybridized carbons (Fsp3) is 0.211. The Balaban J connectivity index is 2.08. The van der Waals surface area contributed by atoms with E-state index in [1.807, 2.05) is 0 Å². The van der Waals surface area contributed by atoms with Crippen LogP contribution in [0.5, 0.6) is 0 Å². The number of hydrogen-bond donors (Lipinski definition) is 2. The molecule has 2 aromatic rings. The first-order valence-corrected chi connectivity index (χ1v) is 7.96. The lowest BCUT2D eigenvalue weighted by molar-refractivity contribution is -0.117. The van der Waals surface area contributed by atoms with Crippen molar-refractivity contribution in [1.29, 1.82) is 0 Å². The molecule has 1 saturated carbocycles. The second kappa shape index (κ2) is 6.47. The number of aromatic nitrogens is 2. The molecule has 128 valence electrons. The molecule has 1 fully saturated rings. The van der Waals surface area contributed by atoms with E-state index in [0.29, 0.717) is 27.9 Å². The highest BCUT2D eigenvalue weighted by Gasteiger charge is 2.29. The minimum absolute atomic E-state index is 0.0330. The Hall–Kier alpha value is -3.02. The van der Waals surface area contributed by atoms with Crippen molar-refractivity contribution >= 4 is 33.9 Å². The average molecular weight is 338 g/mol. The van der Waals surface area contributed by atoms with Gasteiger partial charge in [0.25, 0.3) is 0 Å². The molecule has 0 aromatic carbocycles. The van der Waals surface area contributed by atoms with Gasteiger partial charge in [0, 0.05) is 23.1 Å². The van der Waals surface area contributed by atoms with Crippen LogP contribution in [0.4, 0.5) is 16.0 Å². The second-order valence-corrected chi connectivity index (χ2v) is 6.11. The van der Waals surface area contributed by atoms with Gasteiger partial charge in [0.05, 0.1) is 5.69 Å². The van der Waals surface area contributed by atoms with Gasteiger partial charge in [-0.2, -0.15) is 0 Å². The molecule has 0 spiro atoms. The predicted octanol–water partition coefficient (Wildman–Crippen LogP) is 4.00. The van der Waals surface area contributed by atoms with Crippen molar-refractivity contribution in [2.24, 2.45) is 5.92 Å². The van der Waals surface area contributed by atoms with Crippen LogP contribution in [0.15, 0.2) is 49.0 Å². The summed E-state index contributed by atoms with van der Waals surface area (Å²) in [6, 6.07) is 3.41. The number of allylic oxidation sites excluding steroid dienone is 4. The number of carbonyl (C=O) groups is 1. The molecule has 0 atom stereocenters. The number of amides is 1. The third-order valence-electron chi connectivity index (χ3n) is 4.17. The Morgan fingerprint density at radius 2 is 2.16 bits per heavy atom. The molecule has 0 radical (unpaired) electrons. The number of fused-ring (bicyclic) bond motifs is 1. The molecule has 1 amide bonds. The van der Waals surface area contributed by atoms with Crippen LogP contribution in [-0.4, -0.2) is 15.9 Å². The van der Waals surface area contributed by atoms with Gasteiger partial charge in [-0.15, -0.1) is 0 Å². The fourth-order valence-electron chi connectivity index (χ4n) is 2.60. The lowest BCUT2D eigenvalue weighted by Gasteiger charge is -2.11. The molecule has 2 aromatic heterocycles. The second-order valence-electron chi connectivity index (χ2n) is 6.11. The summed E-state index contributed by atoms with van der Waals surface area (Å²) in [6.07, 6.45) is 4.91. The quantitative estimate of drug-likeness (QED) is 0.807. The highest BCUT2D eigenvalue weighted by molar-refractivity contribution is 5.98. The molecule has 5 nitrogen and oxygen atoms in total. The largest absolute Gasteiger partial charge is 0.383 e. The summed E-state index contributed by atoms with van der Waals surface area (Å²) in [7, 11) is 0. The highest BCUT2D eigenvalue weighted by atomic mass is 19.1. The topological polar surface area (TPSA) is 80.9 Å². The van der Waals surface area contributed by atoms with Crippen molar-refractivity contribution in [1.82, 2.24) is 9.97 Å². The normalized spacial score (nSPS) is 14.8. The maximum Gasteiger partial charge on any atom is 0.228 e. The molecule has 6 heteroatoms. The Kier molecular flexibility index (Phi) is 4.35. The van der Waals surface area contributed by atoms with Crippen molar-refractivity contribution in [3.63, 3.8) is 0 Å². The van der Waals surface area contributed by atoms with Crippen LogP contribution in [0.1, 0.15) is 25.5 Å². The third-order valence-corrected chi connectivity index (χ3v) is 4.17. The van der Waals surface area contributed by atoms with Gasteiger partial charge in [0.1, 0.15) is 17.5 Å². The van der Waals surface area contributed by atoms with E-state index in [2.05, 4.69) is 28.4 Å². The SMILES string of the molecule is C=C/C(C)=C(\C(=C)F)c1cc2cc(NC(=O)C3CC3)ncc2c(N)n1. The molecule has 0 bridgehead atoms. The Morgan fingerprint density at radius 1 is 1.44 bits per heavy atom. The first kappa shape index (κ1) is 16.8. The van der Waals surface area contributed by atoms with Crippen LogP contribution in [0.25, 0.3) is 16.3 Å². The Bertz CT molecular complexity index is 928. The zero-order valence-corrected chi connectivity index (χ0v) is 14.0. The van der Waals surface area contributed by atoms with E-state index in [4.69, 9.17) is 5.73 Å². The van der Waals surface area contributed by atoms with E-state index in [0.717, 1.165) is 12.8 Å². The molecule has 25 heavy (non-hydrogen) atoms. The minimum Gasteiger partial charge on any atom is -0.383 e. The standard InChI is InChI=1S/C19H19FN4O/c1-4-10(2)17(11(3)20)15-7-13-8-16(24-19(25)12-5-6-12)22-9-14(13)18(21)23-15/h4,7-9,12H,1,3,5-6H2,2H3,(H2,21,23)(H,22,24,25)/b17-10+. The van der Waals surface area contributed by atoms with Gasteiger partial charge in [0.2, 0.25) is 5.91 Å². The van der Waals surface area contributed by atoms with Crippen molar-refractivity contribution < 1.29 is 9.18 Å². The number of rotatable bonds is 5. The molecule has 3 rings (SSSR count). The number of nitrogens with one attached hydrogen (secondary N) is 1. The third kappa shape index (κ3) is 3.42.